The number of benzene rings is 2. The molecule has 0 fully saturated rings. The van der Waals surface area contributed by atoms with Gasteiger partial charge in [-0.1, -0.05) is 30.3 Å². The van der Waals surface area contributed by atoms with Crippen molar-refractivity contribution in [2.24, 2.45) is 5.73 Å². The van der Waals surface area contributed by atoms with Crippen LogP contribution in [0.3, 0.4) is 0 Å². The number of primary amides is 1. The van der Waals surface area contributed by atoms with Crippen LogP contribution >= 0.6 is 0 Å². The molecule has 1 amide bonds. The molecule has 4 N–H and O–H groups in total. The minimum absolute atomic E-state index is 0.0370. The second-order valence-electron chi connectivity index (χ2n) is 4.25. The number of rotatable bonds is 3. The molecule has 0 saturated carbocycles. The smallest absolute Gasteiger partial charge is 0.402 e. The first-order chi connectivity index (χ1) is 10.9. The molecule has 120 valence electrons. The van der Waals surface area contributed by atoms with Crippen LogP contribution in [0.4, 0.5) is 4.79 Å². The van der Waals surface area contributed by atoms with E-state index in [1.54, 1.807) is 30.3 Å². The van der Waals surface area contributed by atoms with Gasteiger partial charge in [0.15, 0.2) is 0 Å². The summed E-state index contributed by atoms with van der Waals surface area (Å²) in [5, 5.41) is 7.19. The number of hydrogen-bond acceptors (Lipinski definition) is 5. The normalized spacial score (nSPS) is 10.6. The topological polar surface area (TPSA) is 135 Å². The summed E-state index contributed by atoms with van der Waals surface area (Å²) in [7, 11) is -3.85. The fraction of sp³-hybridized carbons (Fsp3) is 0. The Morgan fingerprint density at radius 2 is 1.65 bits per heavy atom. The molecule has 0 aliphatic heterocycles. The van der Waals surface area contributed by atoms with Gasteiger partial charge in [-0.05, 0) is 24.3 Å². The number of aromatic nitrogens is 2. The molecule has 0 bridgehead atoms. The molecule has 23 heavy (non-hydrogen) atoms. The lowest BCUT2D eigenvalue weighted by Gasteiger charge is -2.02. The van der Waals surface area contributed by atoms with Crippen LogP contribution in [0.25, 0.3) is 11.0 Å². The Bertz CT molecular complexity index is 869. The molecule has 9 heteroatoms. The summed E-state index contributed by atoms with van der Waals surface area (Å²) in [6.45, 7) is 0. The lowest BCUT2D eigenvalue weighted by molar-refractivity contribution is 0.205. The van der Waals surface area contributed by atoms with Crippen molar-refractivity contribution in [1.82, 2.24) is 9.97 Å². The van der Waals surface area contributed by atoms with E-state index in [1.807, 2.05) is 12.1 Å². The van der Waals surface area contributed by atoms with Gasteiger partial charge in [0.25, 0.3) is 0 Å². The van der Waals surface area contributed by atoms with Crippen molar-refractivity contribution in [3.05, 3.63) is 54.6 Å². The number of carboxylic acid groups (broad SMARTS) is 1. The first-order valence-electron chi connectivity index (χ1n) is 6.31. The molecule has 1 heterocycles. The highest BCUT2D eigenvalue weighted by atomic mass is 32.2. The van der Waals surface area contributed by atoms with Crippen molar-refractivity contribution in [2.75, 3.05) is 0 Å². The lowest BCUT2D eigenvalue weighted by atomic mass is 10.3. The molecule has 0 aliphatic carbocycles. The summed E-state index contributed by atoms with van der Waals surface area (Å²) < 4.78 is 29.0. The van der Waals surface area contributed by atoms with Gasteiger partial charge in [0, 0.05) is 0 Å². The molecule has 1 aromatic heterocycles. The van der Waals surface area contributed by atoms with Crippen LogP contribution in [-0.2, 0) is 10.1 Å². The number of nitrogens with zero attached hydrogens (tertiary/aromatic N) is 1. The highest BCUT2D eigenvalue weighted by Crippen LogP contribution is 2.19. The van der Waals surface area contributed by atoms with E-state index in [0.29, 0.717) is 5.52 Å². The number of hydrogen-bond donors (Lipinski definition) is 3. The van der Waals surface area contributed by atoms with Gasteiger partial charge in [-0.3, -0.25) is 0 Å². The SMILES string of the molecule is NC(=O)O.O=S(=O)(Oc1nc2ccccc2[nH]1)c1ccccc1. The zero-order chi connectivity index (χ0) is 16.9. The molecule has 8 nitrogen and oxygen atoms in total. The van der Waals surface area contributed by atoms with Crippen LogP contribution in [0.2, 0.25) is 0 Å². The Morgan fingerprint density at radius 3 is 2.26 bits per heavy atom. The van der Waals surface area contributed by atoms with Gasteiger partial charge in [-0.15, -0.1) is 0 Å². The third kappa shape index (κ3) is 4.45. The predicted molar refractivity (Wildman–Crippen MR) is 82.6 cm³/mol. The molecule has 0 unspecified atom stereocenters. The van der Waals surface area contributed by atoms with Crippen molar-refractivity contribution >= 4 is 27.2 Å². The largest absolute Gasteiger partial charge is 0.465 e. The molecule has 0 spiro atoms. The van der Waals surface area contributed by atoms with Gasteiger partial charge < -0.3 is 20.0 Å². The minimum atomic E-state index is -3.85. The average molecular weight is 335 g/mol. The third-order valence-corrected chi connectivity index (χ3v) is 3.81. The summed E-state index contributed by atoms with van der Waals surface area (Å²) >= 11 is 0. The van der Waals surface area contributed by atoms with Gasteiger partial charge in [-0.2, -0.15) is 13.4 Å². The molecule has 2 aromatic carbocycles. The van der Waals surface area contributed by atoms with Gasteiger partial charge >= 0.3 is 22.2 Å². The van der Waals surface area contributed by atoms with Gasteiger partial charge in [-0.25, -0.2) is 4.79 Å². The number of amides is 1. The number of aromatic amines is 1. The van der Waals surface area contributed by atoms with Crippen molar-refractivity contribution in [2.45, 2.75) is 4.90 Å². The highest BCUT2D eigenvalue weighted by Gasteiger charge is 2.18. The van der Waals surface area contributed by atoms with E-state index in [0.717, 1.165) is 5.52 Å². The Kier molecular flexibility index (Phi) is 4.82. The highest BCUT2D eigenvalue weighted by molar-refractivity contribution is 7.87. The monoisotopic (exact) mass is 335 g/mol. The standard InChI is InChI=1S/C13H10N2O3S.CH3NO2/c16-19(17,10-6-2-1-3-7-10)18-13-14-11-8-4-5-9-12(11)15-13;2-1(3)4/h1-9H,(H,14,15);2H2,(H,3,4). The summed E-state index contributed by atoms with van der Waals surface area (Å²) in [5.41, 5.74) is 5.40. The molecule has 0 atom stereocenters. The zero-order valence-electron chi connectivity index (χ0n) is 11.7. The first-order valence-corrected chi connectivity index (χ1v) is 7.72. The Morgan fingerprint density at radius 1 is 1.09 bits per heavy atom. The quantitative estimate of drug-likeness (QED) is 0.626. The van der Waals surface area contributed by atoms with Crippen LogP contribution in [0.5, 0.6) is 6.01 Å². The minimum Gasteiger partial charge on any atom is -0.465 e. The predicted octanol–water partition coefficient (Wildman–Crippen LogP) is 1.95. The second-order valence-corrected chi connectivity index (χ2v) is 5.79. The molecule has 0 saturated heterocycles. The van der Waals surface area contributed by atoms with Crippen molar-refractivity contribution in [1.29, 1.82) is 0 Å². The maximum absolute atomic E-state index is 12.0. The number of para-hydroxylation sites is 2. The fourth-order valence-corrected chi connectivity index (χ4v) is 2.58. The Hall–Kier alpha value is -3.07. The summed E-state index contributed by atoms with van der Waals surface area (Å²) in [5.74, 6) is 0. The van der Waals surface area contributed by atoms with Crippen LogP contribution in [0.15, 0.2) is 59.5 Å². The molecule has 0 radical (unpaired) electrons. The van der Waals surface area contributed by atoms with Gasteiger partial charge in [0.1, 0.15) is 4.90 Å². The fourth-order valence-electron chi connectivity index (χ4n) is 1.71. The molecular weight excluding hydrogens is 322 g/mol. The van der Waals surface area contributed by atoms with E-state index in [9.17, 15) is 8.42 Å². The second kappa shape index (κ2) is 6.79. The number of imidazole rings is 1. The van der Waals surface area contributed by atoms with E-state index in [1.165, 1.54) is 12.1 Å². The van der Waals surface area contributed by atoms with Crippen molar-refractivity contribution in [3.8, 4) is 6.01 Å². The summed E-state index contributed by atoms with van der Waals surface area (Å²) in [6.07, 6.45) is -1.33. The zero-order valence-corrected chi connectivity index (χ0v) is 12.5. The van der Waals surface area contributed by atoms with E-state index >= 15 is 0 Å². The molecule has 3 aromatic rings. The van der Waals surface area contributed by atoms with Crippen LogP contribution < -0.4 is 9.92 Å². The Labute approximate surface area is 131 Å². The molecule has 3 rings (SSSR count). The lowest BCUT2D eigenvalue weighted by Crippen LogP contribution is -2.10. The van der Waals surface area contributed by atoms with E-state index in [2.05, 4.69) is 15.7 Å². The molecule has 0 aliphatic rings. The number of nitrogens with one attached hydrogen (secondary N) is 1. The number of nitrogens with two attached hydrogens (primary N) is 1. The van der Waals surface area contributed by atoms with Crippen LogP contribution in [0.1, 0.15) is 0 Å². The number of fused-ring (bicyclic) bond motifs is 1. The summed E-state index contributed by atoms with van der Waals surface area (Å²) in [6, 6.07) is 15.1. The number of carbonyl (C=O) groups is 1. The maximum atomic E-state index is 12.0. The van der Waals surface area contributed by atoms with E-state index in [-0.39, 0.29) is 10.9 Å². The third-order valence-electron chi connectivity index (χ3n) is 2.59. The van der Waals surface area contributed by atoms with Crippen molar-refractivity contribution in [3.63, 3.8) is 0 Å². The first kappa shape index (κ1) is 16.3. The molecular formula is C14H13N3O5S. The summed E-state index contributed by atoms with van der Waals surface area (Å²) in [4.78, 5) is 15.7. The van der Waals surface area contributed by atoms with E-state index < -0.39 is 16.2 Å². The van der Waals surface area contributed by atoms with Crippen molar-refractivity contribution < 1.29 is 22.5 Å². The van der Waals surface area contributed by atoms with Crippen LogP contribution in [-0.4, -0.2) is 29.6 Å². The van der Waals surface area contributed by atoms with Gasteiger partial charge in [0.05, 0.1) is 11.0 Å². The maximum Gasteiger partial charge on any atom is 0.402 e. The average Bonchev–Trinajstić information content (AvgIpc) is 2.89. The Balaban J connectivity index is 0.000000433. The van der Waals surface area contributed by atoms with E-state index in [4.69, 9.17) is 14.1 Å². The number of H-pyrrole nitrogens is 1. The van der Waals surface area contributed by atoms with Gasteiger partial charge in [0.2, 0.25) is 0 Å². The van der Waals surface area contributed by atoms with Crippen LogP contribution in [0, 0.1) is 0 Å².